The van der Waals surface area contributed by atoms with Gasteiger partial charge in [0.1, 0.15) is 11.5 Å². The molecular formula is C25H33ClN2O3. The summed E-state index contributed by atoms with van der Waals surface area (Å²) in [7, 11) is 1.71. The summed E-state index contributed by atoms with van der Waals surface area (Å²) < 4.78 is 11.3. The topological polar surface area (TPSA) is 50.8 Å². The number of halogens is 1. The predicted molar refractivity (Wildman–Crippen MR) is 125 cm³/mol. The number of amides is 1. The van der Waals surface area contributed by atoms with E-state index in [1.165, 1.54) is 5.56 Å². The third-order valence-electron chi connectivity index (χ3n) is 5.81. The van der Waals surface area contributed by atoms with E-state index in [0.717, 1.165) is 60.1 Å². The minimum absolute atomic E-state index is 0.0161. The summed E-state index contributed by atoms with van der Waals surface area (Å²) in [5.41, 5.74) is 3.16. The predicted octanol–water partition coefficient (Wildman–Crippen LogP) is 4.94. The molecule has 0 radical (unpaired) electrons. The number of carbonyl (C=O) groups excluding carboxylic acids is 1. The van der Waals surface area contributed by atoms with Crippen molar-refractivity contribution in [2.24, 2.45) is 0 Å². The molecule has 0 aliphatic carbocycles. The van der Waals surface area contributed by atoms with Gasteiger partial charge in [0.05, 0.1) is 7.11 Å². The van der Waals surface area contributed by atoms with Gasteiger partial charge in [-0.3, -0.25) is 9.69 Å². The van der Waals surface area contributed by atoms with Crippen molar-refractivity contribution in [2.45, 2.75) is 52.1 Å². The molecule has 1 fully saturated rings. The maximum Gasteiger partial charge on any atom is 0.258 e. The molecule has 1 amide bonds. The van der Waals surface area contributed by atoms with Gasteiger partial charge in [-0.15, -0.1) is 0 Å². The summed E-state index contributed by atoms with van der Waals surface area (Å²) in [6, 6.07) is 12.2. The van der Waals surface area contributed by atoms with Gasteiger partial charge in [-0.1, -0.05) is 43.6 Å². The van der Waals surface area contributed by atoms with Gasteiger partial charge in [0.25, 0.3) is 5.91 Å². The van der Waals surface area contributed by atoms with Crippen LogP contribution in [0.25, 0.3) is 0 Å². The van der Waals surface area contributed by atoms with Crippen molar-refractivity contribution in [2.75, 3.05) is 26.8 Å². The number of benzene rings is 2. The van der Waals surface area contributed by atoms with Crippen LogP contribution in [0.15, 0.2) is 36.4 Å². The number of hydrogen-bond donors (Lipinski definition) is 1. The minimum Gasteiger partial charge on any atom is -0.496 e. The van der Waals surface area contributed by atoms with Crippen LogP contribution in [-0.2, 0) is 11.3 Å². The van der Waals surface area contributed by atoms with Crippen molar-refractivity contribution < 1.29 is 14.3 Å². The maximum atomic E-state index is 12.5. The quantitative estimate of drug-likeness (QED) is 0.626. The number of nitrogens with zero attached hydrogens (tertiary/aromatic N) is 1. The van der Waals surface area contributed by atoms with Gasteiger partial charge in [-0.05, 0) is 55.0 Å². The fraction of sp³-hybridized carbons (Fsp3) is 0.480. The fourth-order valence-electron chi connectivity index (χ4n) is 3.97. The summed E-state index contributed by atoms with van der Waals surface area (Å²) in [6.45, 7) is 8.89. The van der Waals surface area contributed by atoms with Crippen LogP contribution < -0.4 is 14.8 Å². The Morgan fingerprint density at radius 2 is 1.90 bits per heavy atom. The van der Waals surface area contributed by atoms with Crippen LogP contribution in [0.1, 0.15) is 49.3 Å². The molecule has 1 N–H and O–H groups in total. The molecule has 0 unspecified atom stereocenters. The Morgan fingerprint density at radius 3 is 2.58 bits per heavy atom. The molecule has 2 aromatic carbocycles. The number of nitrogens with one attached hydrogen (secondary N) is 1. The number of para-hydroxylation sites is 1. The molecule has 5 nitrogen and oxygen atoms in total. The third-order valence-corrected chi connectivity index (χ3v) is 6.22. The highest BCUT2D eigenvalue weighted by molar-refractivity contribution is 6.31. The zero-order valence-electron chi connectivity index (χ0n) is 18.9. The van der Waals surface area contributed by atoms with E-state index < -0.39 is 0 Å². The smallest absolute Gasteiger partial charge is 0.258 e. The van der Waals surface area contributed by atoms with Crippen LogP contribution in [0.2, 0.25) is 5.02 Å². The Hall–Kier alpha value is -2.24. The normalized spacial score (nSPS) is 15.2. The number of aryl methyl sites for hydroxylation is 1. The van der Waals surface area contributed by atoms with Crippen molar-refractivity contribution in [1.29, 1.82) is 0 Å². The van der Waals surface area contributed by atoms with Crippen LogP contribution in [0.5, 0.6) is 11.5 Å². The molecule has 168 valence electrons. The van der Waals surface area contributed by atoms with Crippen LogP contribution in [0.3, 0.4) is 0 Å². The number of methoxy groups -OCH3 is 1. The van der Waals surface area contributed by atoms with Gasteiger partial charge in [0, 0.05) is 36.3 Å². The molecule has 1 saturated heterocycles. The monoisotopic (exact) mass is 444 g/mol. The Morgan fingerprint density at radius 1 is 1.19 bits per heavy atom. The highest BCUT2D eigenvalue weighted by Crippen LogP contribution is 2.32. The zero-order chi connectivity index (χ0) is 22.4. The van der Waals surface area contributed by atoms with Gasteiger partial charge < -0.3 is 14.8 Å². The van der Waals surface area contributed by atoms with Crippen LogP contribution in [-0.4, -0.2) is 43.7 Å². The molecular weight excluding hydrogens is 412 g/mol. The van der Waals surface area contributed by atoms with E-state index in [-0.39, 0.29) is 24.5 Å². The van der Waals surface area contributed by atoms with Crippen LogP contribution >= 0.6 is 11.6 Å². The lowest BCUT2D eigenvalue weighted by Crippen LogP contribution is -2.45. The first-order chi connectivity index (χ1) is 14.9. The highest BCUT2D eigenvalue weighted by Gasteiger charge is 2.22. The molecule has 0 bridgehead atoms. The molecule has 31 heavy (non-hydrogen) atoms. The number of hydrogen-bond acceptors (Lipinski definition) is 4. The van der Waals surface area contributed by atoms with Crippen molar-refractivity contribution in [3.63, 3.8) is 0 Å². The largest absolute Gasteiger partial charge is 0.496 e. The molecule has 6 heteroatoms. The molecule has 2 aromatic rings. The molecule has 0 saturated carbocycles. The Bertz CT molecular complexity index is 892. The van der Waals surface area contributed by atoms with E-state index in [0.29, 0.717) is 0 Å². The molecule has 0 aromatic heterocycles. The summed E-state index contributed by atoms with van der Waals surface area (Å²) in [5.74, 6) is 1.85. The Balaban J connectivity index is 1.47. The number of piperidine rings is 1. The van der Waals surface area contributed by atoms with Gasteiger partial charge in [-0.2, -0.15) is 0 Å². The molecule has 3 rings (SSSR count). The second kappa shape index (κ2) is 10.9. The third kappa shape index (κ3) is 6.37. The van der Waals surface area contributed by atoms with E-state index >= 15 is 0 Å². The number of carbonyl (C=O) groups is 1. The SMILES string of the molecule is COc1ccccc1CN1CCC(NC(=O)COc2cc(C)c(Cl)cc2C(C)C)CC1. The first-order valence-electron chi connectivity index (χ1n) is 10.9. The van der Waals surface area contributed by atoms with Crippen LogP contribution in [0, 0.1) is 6.92 Å². The average molecular weight is 445 g/mol. The number of ether oxygens (including phenoxy) is 2. The summed E-state index contributed by atoms with van der Waals surface area (Å²) in [6.07, 6.45) is 1.86. The Labute approximate surface area is 190 Å². The van der Waals surface area contributed by atoms with Crippen molar-refractivity contribution in [3.8, 4) is 11.5 Å². The molecule has 1 heterocycles. The fourth-order valence-corrected chi connectivity index (χ4v) is 4.14. The van der Waals surface area contributed by atoms with E-state index in [2.05, 4.69) is 30.1 Å². The summed E-state index contributed by atoms with van der Waals surface area (Å²) >= 11 is 6.26. The van der Waals surface area contributed by atoms with Gasteiger partial charge in [0.15, 0.2) is 6.61 Å². The van der Waals surface area contributed by atoms with E-state index in [4.69, 9.17) is 21.1 Å². The van der Waals surface area contributed by atoms with Gasteiger partial charge >= 0.3 is 0 Å². The summed E-state index contributed by atoms with van der Waals surface area (Å²) in [5, 5.41) is 3.85. The van der Waals surface area contributed by atoms with Crippen molar-refractivity contribution >= 4 is 17.5 Å². The lowest BCUT2D eigenvalue weighted by Gasteiger charge is -2.32. The second-order valence-electron chi connectivity index (χ2n) is 8.51. The standard InChI is InChI=1S/C25H33ClN2O3/c1-17(2)21-14-22(26)18(3)13-24(21)31-16-25(29)27-20-9-11-28(12-10-20)15-19-7-5-6-8-23(19)30-4/h5-8,13-14,17,20H,9-12,15-16H2,1-4H3,(H,27,29). The van der Waals surface area contributed by atoms with Crippen molar-refractivity contribution in [1.82, 2.24) is 10.2 Å². The number of likely N-dealkylation sites (tertiary alicyclic amines) is 1. The van der Waals surface area contributed by atoms with E-state index in [1.807, 2.05) is 37.3 Å². The molecule has 1 aliphatic heterocycles. The first kappa shape index (κ1) is 23.4. The maximum absolute atomic E-state index is 12.5. The Kier molecular flexibility index (Phi) is 8.22. The second-order valence-corrected chi connectivity index (χ2v) is 8.92. The molecule has 0 spiro atoms. The van der Waals surface area contributed by atoms with E-state index in [9.17, 15) is 4.79 Å². The number of rotatable bonds is 8. The van der Waals surface area contributed by atoms with Gasteiger partial charge in [0.2, 0.25) is 0 Å². The molecule has 1 aliphatic rings. The highest BCUT2D eigenvalue weighted by atomic mass is 35.5. The minimum atomic E-state index is -0.0783. The van der Waals surface area contributed by atoms with Crippen LogP contribution in [0.4, 0.5) is 0 Å². The summed E-state index contributed by atoms with van der Waals surface area (Å²) in [4.78, 5) is 14.9. The average Bonchev–Trinajstić information content (AvgIpc) is 2.76. The zero-order valence-corrected chi connectivity index (χ0v) is 19.7. The lowest BCUT2D eigenvalue weighted by molar-refractivity contribution is -0.124. The lowest BCUT2D eigenvalue weighted by atomic mass is 10.0. The molecule has 0 atom stereocenters. The first-order valence-corrected chi connectivity index (χ1v) is 11.3. The van der Waals surface area contributed by atoms with Crippen molar-refractivity contribution in [3.05, 3.63) is 58.1 Å². The van der Waals surface area contributed by atoms with E-state index in [1.54, 1.807) is 7.11 Å². The van der Waals surface area contributed by atoms with Gasteiger partial charge in [-0.25, -0.2) is 0 Å².